The molecule has 5 nitrogen and oxygen atoms in total. The number of rotatable bonds is 5. The van der Waals surface area contributed by atoms with Crippen LogP contribution in [0.3, 0.4) is 0 Å². The van der Waals surface area contributed by atoms with Gasteiger partial charge in [-0.25, -0.2) is 8.42 Å². The highest BCUT2D eigenvalue weighted by Gasteiger charge is 2.34. The number of amides is 1. The lowest BCUT2D eigenvalue weighted by atomic mass is 9.98. The van der Waals surface area contributed by atoms with E-state index in [2.05, 4.69) is 0 Å². The average molecular weight is 393 g/mol. The standard InChI is InChI=1S/C19H24N2O3S2/c1-15-7-9-16(10-8-15)13-20(2)19(22)17-5-3-11-21(14-17)26(23,24)18-6-4-12-25-18/h4,6-10,12,17H,3,5,11,13-14H2,1-2H3/t17-/m1/s1. The lowest BCUT2D eigenvalue weighted by Crippen LogP contribution is -2.45. The van der Waals surface area contributed by atoms with E-state index in [-0.39, 0.29) is 18.4 Å². The lowest BCUT2D eigenvalue weighted by molar-refractivity contribution is -0.135. The summed E-state index contributed by atoms with van der Waals surface area (Å²) < 4.78 is 27.3. The normalized spacial score (nSPS) is 18.6. The Morgan fingerprint density at radius 1 is 1.27 bits per heavy atom. The predicted molar refractivity (Wildman–Crippen MR) is 103 cm³/mol. The highest BCUT2D eigenvalue weighted by Crippen LogP contribution is 2.27. The lowest BCUT2D eigenvalue weighted by Gasteiger charge is -2.33. The van der Waals surface area contributed by atoms with Crippen LogP contribution in [0.4, 0.5) is 0 Å². The van der Waals surface area contributed by atoms with Crippen LogP contribution in [0, 0.1) is 12.8 Å². The number of hydrogen-bond acceptors (Lipinski definition) is 4. The summed E-state index contributed by atoms with van der Waals surface area (Å²) in [5, 5.41) is 1.76. The molecule has 3 rings (SSSR count). The zero-order valence-electron chi connectivity index (χ0n) is 15.1. The third-order valence-corrected chi connectivity index (χ3v) is 7.98. The molecule has 26 heavy (non-hydrogen) atoms. The van der Waals surface area contributed by atoms with E-state index in [9.17, 15) is 13.2 Å². The van der Waals surface area contributed by atoms with E-state index in [4.69, 9.17) is 0 Å². The predicted octanol–water partition coefficient (Wildman–Crippen LogP) is 3.12. The van der Waals surface area contributed by atoms with Gasteiger partial charge < -0.3 is 4.90 Å². The molecule has 1 aromatic carbocycles. The second kappa shape index (κ2) is 7.90. The number of carbonyl (C=O) groups excluding carboxylic acids is 1. The minimum Gasteiger partial charge on any atom is -0.341 e. The van der Waals surface area contributed by atoms with Gasteiger partial charge >= 0.3 is 0 Å². The molecule has 0 spiro atoms. The molecule has 0 radical (unpaired) electrons. The monoisotopic (exact) mass is 392 g/mol. The summed E-state index contributed by atoms with van der Waals surface area (Å²) in [6, 6.07) is 11.5. The number of nitrogens with zero attached hydrogens (tertiary/aromatic N) is 2. The van der Waals surface area contributed by atoms with Crippen LogP contribution in [-0.2, 0) is 21.4 Å². The molecule has 0 unspecified atom stereocenters. The van der Waals surface area contributed by atoms with Crippen molar-refractivity contribution in [3.05, 3.63) is 52.9 Å². The Morgan fingerprint density at radius 2 is 2.00 bits per heavy atom. The topological polar surface area (TPSA) is 57.7 Å². The zero-order chi connectivity index (χ0) is 18.7. The molecule has 1 fully saturated rings. The van der Waals surface area contributed by atoms with E-state index >= 15 is 0 Å². The van der Waals surface area contributed by atoms with Crippen LogP contribution in [0.15, 0.2) is 46.0 Å². The van der Waals surface area contributed by atoms with Crippen LogP contribution >= 0.6 is 11.3 Å². The van der Waals surface area contributed by atoms with Crippen molar-refractivity contribution in [1.82, 2.24) is 9.21 Å². The maximum atomic E-state index is 12.8. The maximum absolute atomic E-state index is 12.8. The third kappa shape index (κ3) is 4.16. The molecule has 2 aromatic rings. The number of thiophene rings is 1. The molecule has 1 aliphatic heterocycles. The first-order chi connectivity index (χ1) is 12.4. The number of piperidine rings is 1. The van der Waals surface area contributed by atoms with Gasteiger partial charge in [-0.3, -0.25) is 4.79 Å². The molecule has 2 heterocycles. The van der Waals surface area contributed by atoms with Crippen molar-refractivity contribution in [2.75, 3.05) is 20.1 Å². The molecule has 1 saturated heterocycles. The van der Waals surface area contributed by atoms with Gasteiger partial charge in [-0.1, -0.05) is 35.9 Å². The largest absolute Gasteiger partial charge is 0.341 e. The van der Waals surface area contributed by atoms with Crippen molar-refractivity contribution >= 4 is 27.3 Å². The fourth-order valence-corrected chi connectivity index (χ4v) is 5.93. The minimum atomic E-state index is -3.49. The zero-order valence-corrected chi connectivity index (χ0v) is 16.7. The molecule has 7 heteroatoms. The fraction of sp³-hybridized carbons (Fsp3) is 0.421. The molecular weight excluding hydrogens is 368 g/mol. The number of hydrogen-bond donors (Lipinski definition) is 0. The number of carbonyl (C=O) groups is 1. The second-order valence-electron chi connectivity index (χ2n) is 6.81. The van der Waals surface area contributed by atoms with E-state index in [0.29, 0.717) is 23.7 Å². The van der Waals surface area contributed by atoms with E-state index in [1.807, 2.05) is 31.2 Å². The molecule has 1 aromatic heterocycles. The first-order valence-corrected chi connectivity index (χ1v) is 11.0. The molecular formula is C19H24N2O3S2. The van der Waals surface area contributed by atoms with E-state index in [1.165, 1.54) is 21.2 Å². The minimum absolute atomic E-state index is 0.0108. The van der Waals surface area contributed by atoms with Gasteiger partial charge in [0.1, 0.15) is 4.21 Å². The maximum Gasteiger partial charge on any atom is 0.252 e. The van der Waals surface area contributed by atoms with Gasteiger partial charge in [0.2, 0.25) is 5.91 Å². The van der Waals surface area contributed by atoms with Crippen LogP contribution in [0.5, 0.6) is 0 Å². The Balaban J connectivity index is 1.67. The summed E-state index contributed by atoms with van der Waals surface area (Å²) in [4.78, 5) is 14.5. The SMILES string of the molecule is Cc1ccc(CN(C)C(=O)[C@@H]2CCCN(S(=O)(=O)c3cccs3)C2)cc1. The summed E-state index contributed by atoms with van der Waals surface area (Å²) in [5.74, 6) is -0.273. The van der Waals surface area contributed by atoms with Crippen LogP contribution in [0.2, 0.25) is 0 Å². The third-order valence-electron chi connectivity index (χ3n) is 4.74. The molecule has 0 saturated carbocycles. The summed E-state index contributed by atoms with van der Waals surface area (Å²) >= 11 is 1.22. The molecule has 1 aliphatic rings. The molecule has 1 amide bonds. The Kier molecular flexibility index (Phi) is 5.79. The van der Waals surface area contributed by atoms with Crippen LogP contribution in [0.25, 0.3) is 0 Å². The quantitative estimate of drug-likeness (QED) is 0.786. The van der Waals surface area contributed by atoms with Gasteiger partial charge in [0.05, 0.1) is 5.92 Å². The van der Waals surface area contributed by atoms with Crippen LogP contribution < -0.4 is 0 Å². The van der Waals surface area contributed by atoms with Crippen molar-refractivity contribution < 1.29 is 13.2 Å². The van der Waals surface area contributed by atoms with Crippen molar-refractivity contribution in [2.45, 2.75) is 30.5 Å². The molecule has 140 valence electrons. The van der Waals surface area contributed by atoms with Gasteiger partial charge in [-0.2, -0.15) is 4.31 Å². The van der Waals surface area contributed by atoms with Gasteiger partial charge in [0.25, 0.3) is 10.0 Å². The molecule has 0 N–H and O–H groups in total. The number of benzene rings is 1. The Hall–Kier alpha value is -1.70. The smallest absolute Gasteiger partial charge is 0.252 e. The van der Waals surface area contributed by atoms with Gasteiger partial charge in [-0.15, -0.1) is 11.3 Å². The summed E-state index contributed by atoms with van der Waals surface area (Å²) in [7, 11) is -1.71. The highest BCUT2D eigenvalue weighted by molar-refractivity contribution is 7.91. The molecule has 0 bridgehead atoms. The Morgan fingerprint density at radius 3 is 2.65 bits per heavy atom. The second-order valence-corrected chi connectivity index (χ2v) is 9.93. The van der Waals surface area contributed by atoms with Gasteiger partial charge in [0, 0.05) is 26.7 Å². The summed E-state index contributed by atoms with van der Waals surface area (Å²) in [5.41, 5.74) is 2.26. The summed E-state index contributed by atoms with van der Waals surface area (Å²) in [6.07, 6.45) is 1.44. The highest BCUT2D eigenvalue weighted by atomic mass is 32.2. The number of sulfonamides is 1. The first-order valence-electron chi connectivity index (χ1n) is 8.72. The van der Waals surface area contributed by atoms with Crippen LogP contribution in [0.1, 0.15) is 24.0 Å². The molecule has 1 atom stereocenters. The van der Waals surface area contributed by atoms with E-state index in [0.717, 1.165) is 12.0 Å². The van der Waals surface area contributed by atoms with Crippen molar-refractivity contribution in [2.24, 2.45) is 5.92 Å². The van der Waals surface area contributed by atoms with Gasteiger partial charge in [0.15, 0.2) is 0 Å². The first kappa shape index (κ1) is 19.1. The van der Waals surface area contributed by atoms with Crippen LogP contribution in [-0.4, -0.2) is 43.7 Å². The van der Waals surface area contributed by atoms with E-state index in [1.54, 1.807) is 29.5 Å². The molecule has 0 aliphatic carbocycles. The fourth-order valence-electron chi connectivity index (χ4n) is 3.26. The van der Waals surface area contributed by atoms with Crippen molar-refractivity contribution in [3.63, 3.8) is 0 Å². The van der Waals surface area contributed by atoms with Crippen molar-refractivity contribution in [3.8, 4) is 0 Å². The summed E-state index contributed by atoms with van der Waals surface area (Å²) in [6.45, 7) is 3.31. The Bertz CT molecular complexity index is 845. The average Bonchev–Trinajstić information content (AvgIpc) is 3.18. The number of aryl methyl sites for hydroxylation is 1. The van der Waals surface area contributed by atoms with Gasteiger partial charge in [-0.05, 0) is 36.8 Å². The Labute approximate surface area is 159 Å². The van der Waals surface area contributed by atoms with E-state index < -0.39 is 10.0 Å². The van der Waals surface area contributed by atoms with Crippen molar-refractivity contribution in [1.29, 1.82) is 0 Å².